The molecule has 1 saturated heterocycles. The second-order valence-corrected chi connectivity index (χ2v) is 7.83. The fraction of sp³-hybridized carbons (Fsp3) is 0.571. The Morgan fingerprint density at radius 2 is 1.85 bits per heavy atom. The summed E-state index contributed by atoms with van der Waals surface area (Å²) < 4.78 is 7.59. The quantitative estimate of drug-likeness (QED) is 0.752. The second-order valence-electron chi connectivity index (χ2n) is 7.83. The molecule has 0 spiro atoms. The van der Waals surface area contributed by atoms with Gasteiger partial charge < -0.3 is 9.64 Å². The maximum absolute atomic E-state index is 12.4. The first-order chi connectivity index (χ1) is 13.3. The Morgan fingerprint density at radius 1 is 1.07 bits per heavy atom. The van der Waals surface area contributed by atoms with Crippen molar-refractivity contribution in [3.8, 4) is 0 Å². The third-order valence-corrected chi connectivity index (χ3v) is 5.70. The number of carbonyl (C=O) groups is 1. The molecule has 0 radical (unpaired) electrons. The summed E-state index contributed by atoms with van der Waals surface area (Å²) in [4.78, 5) is 14.4. The van der Waals surface area contributed by atoms with E-state index in [4.69, 9.17) is 4.74 Å². The molecule has 144 valence electrons. The molecule has 1 aromatic carbocycles. The zero-order valence-electron chi connectivity index (χ0n) is 15.8. The molecule has 1 saturated carbocycles. The van der Waals surface area contributed by atoms with Gasteiger partial charge in [0, 0.05) is 19.5 Å². The minimum Gasteiger partial charge on any atom is -0.370 e. The molecule has 2 fully saturated rings. The molecule has 1 aliphatic heterocycles. The summed E-state index contributed by atoms with van der Waals surface area (Å²) in [6.07, 6.45) is 9.02. The fourth-order valence-electron chi connectivity index (χ4n) is 4.00. The van der Waals surface area contributed by atoms with E-state index < -0.39 is 0 Å². The van der Waals surface area contributed by atoms with E-state index in [2.05, 4.69) is 10.3 Å². The number of rotatable bonds is 7. The van der Waals surface area contributed by atoms with Gasteiger partial charge in [0.25, 0.3) is 0 Å². The van der Waals surface area contributed by atoms with Crippen molar-refractivity contribution in [2.24, 2.45) is 5.92 Å². The molecule has 2 aliphatic rings. The SMILES string of the molecule is O=C(CC1CCCCC1)N1CC(n2cc(COCc3ccccc3)nn2)C1. The van der Waals surface area contributed by atoms with Gasteiger partial charge in [0.1, 0.15) is 5.69 Å². The molecular weight excluding hydrogens is 340 g/mol. The van der Waals surface area contributed by atoms with E-state index in [0.717, 1.165) is 30.8 Å². The van der Waals surface area contributed by atoms with Gasteiger partial charge in [-0.25, -0.2) is 4.68 Å². The zero-order valence-corrected chi connectivity index (χ0v) is 15.8. The van der Waals surface area contributed by atoms with Crippen molar-refractivity contribution in [1.82, 2.24) is 19.9 Å². The molecule has 1 aliphatic carbocycles. The van der Waals surface area contributed by atoms with E-state index in [1.165, 1.54) is 32.1 Å². The number of nitrogens with zero attached hydrogens (tertiary/aromatic N) is 4. The highest BCUT2D eigenvalue weighted by Crippen LogP contribution is 2.29. The first kappa shape index (κ1) is 18.2. The summed E-state index contributed by atoms with van der Waals surface area (Å²) in [7, 11) is 0. The standard InChI is InChI=1S/C21H28N4O2/c26-21(11-17-7-3-1-4-8-17)24-13-20(14-24)25-12-19(22-23-25)16-27-15-18-9-5-2-6-10-18/h2,5-6,9-10,12,17,20H,1,3-4,7-8,11,13-16H2. The molecule has 1 amide bonds. The minimum absolute atomic E-state index is 0.246. The van der Waals surface area contributed by atoms with E-state index >= 15 is 0 Å². The summed E-state index contributed by atoms with van der Waals surface area (Å²) in [5, 5.41) is 8.42. The third-order valence-electron chi connectivity index (χ3n) is 5.70. The Morgan fingerprint density at radius 3 is 2.63 bits per heavy atom. The number of hydrogen-bond donors (Lipinski definition) is 0. The number of amides is 1. The van der Waals surface area contributed by atoms with Crippen LogP contribution in [-0.2, 0) is 22.7 Å². The number of carbonyl (C=O) groups excluding carboxylic acids is 1. The maximum atomic E-state index is 12.4. The Bertz CT molecular complexity index is 734. The van der Waals surface area contributed by atoms with Gasteiger partial charge >= 0.3 is 0 Å². The number of benzene rings is 1. The van der Waals surface area contributed by atoms with Crippen LogP contribution >= 0.6 is 0 Å². The van der Waals surface area contributed by atoms with Crippen molar-refractivity contribution in [3.63, 3.8) is 0 Å². The van der Waals surface area contributed by atoms with Crippen LogP contribution in [0.25, 0.3) is 0 Å². The van der Waals surface area contributed by atoms with E-state index in [0.29, 0.717) is 25.0 Å². The summed E-state index contributed by atoms with van der Waals surface area (Å²) >= 11 is 0. The molecule has 6 heteroatoms. The van der Waals surface area contributed by atoms with Gasteiger partial charge in [0.15, 0.2) is 0 Å². The molecule has 6 nitrogen and oxygen atoms in total. The largest absolute Gasteiger partial charge is 0.370 e. The van der Waals surface area contributed by atoms with Crippen molar-refractivity contribution in [2.45, 2.75) is 57.8 Å². The molecule has 2 aromatic rings. The van der Waals surface area contributed by atoms with Gasteiger partial charge in [0.2, 0.25) is 5.91 Å². The van der Waals surface area contributed by atoms with Gasteiger partial charge in [-0.1, -0.05) is 54.8 Å². The molecule has 0 N–H and O–H groups in total. The van der Waals surface area contributed by atoms with Crippen molar-refractivity contribution in [1.29, 1.82) is 0 Å². The number of ether oxygens (including phenoxy) is 1. The molecule has 0 bridgehead atoms. The van der Waals surface area contributed by atoms with Crippen LogP contribution in [0.4, 0.5) is 0 Å². The van der Waals surface area contributed by atoms with E-state index in [1.807, 2.05) is 46.1 Å². The van der Waals surface area contributed by atoms with Crippen LogP contribution in [0.3, 0.4) is 0 Å². The Hall–Kier alpha value is -2.21. The predicted octanol–water partition coefficient (Wildman–Crippen LogP) is 3.35. The topological polar surface area (TPSA) is 60.2 Å². The van der Waals surface area contributed by atoms with E-state index in [1.54, 1.807) is 0 Å². The van der Waals surface area contributed by atoms with Gasteiger partial charge in [-0.2, -0.15) is 0 Å². The van der Waals surface area contributed by atoms with Crippen molar-refractivity contribution in [2.75, 3.05) is 13.1 Å². The monoisotopic (exact) mass is 368 g/mol. The average Bonchev–Trinajstić information content (AvgIpc) is 3.10. The Balaban J connectivity index is 1.19. The van der Waals surface area contributed by atoms with Gasteiger partial charge in [-0.3, -0.25) is 4.79 Å². The summed E-state index contributed by atoms with van der Waals surface area (Å²) in [6, 6.07) is 10.3. The predicted molar refractivity (Wildman–Crippen MR) is 102 cm³/mol. The highest BCUT2D eigenvalue weighted by Gasteiger charge is 2.33. The molecule has 0 atom stereocenters. The number of likely N-dealkylation sites (tertiary alicyclic amines) is 1. The lowest BCUT2D eigenvalue weighted by Crippen LogP contribution is -2.51. The molecule has 4 rings (SSSR count). The average molecular weight is 368 g/mol. The Kier molecular flexibility index (Phi) is 5.82. The lowest BCUT2D eigenvalue weighted by molar-refractivity contribution is -0.138. The molecule has 1 aromatic heterocycles. The summed E-state index contributed by atoms with van der Waals surface area (Å²) in [5.41, 5.74) is 1.98. The maximum Gasteiger partial charge on any atom is 0.222 e. The first-order valence-electron chi connectivity index (χ1n) is 10.1. The smallest absolute Gasteiger partial charge is 0.222 e. The Labute approximate surface area is 160 Å². The van der Waals surface area contributed by atoms with Crippen LogP contribution in [0.2, 0.25) is 0 Å². The molecule has 27 heavy (non-hydrogen) atoms. The first-order valence-corrected chi connectivity index (χ1v) is 10.1. The van der Waals surface area contributed by atoms with Crippen LogP contribution in [0.15, 0.2) is 36.5 Å². The summed E-state index contributed by atoms with van der Waals surface area (Å²) in [6.45, 7) is 2.52. The molecule has 0 unspecified atom stereocenters. The normalized spacial score (nSPS) is 18.4. The van der Waals surface area contributed by atoms with Crippen LogP contribution in [0.1, 0.15) is 55.8 Å². The number of aromatic nitrogens is 3. The van der Waals surface area contributed by atoms with Crippen LogP contribution in [0, 0.1) is 5.92 Å². The highest BCUT2D eigenvalue weighted by atomic mass is 16.5. The molecular formula is C21H28N4O2. The third kappa shape index (κ3) is 4.75. The number of hydrogen-bond acceptors (Lipinski definition) is 4. The van der Waals surface area contributed by atoms with Crippen LogP contribution in [-0.4, -0.2) is 38.9 Å². The van der Waals surface area contributed by atoms with Gasteiger partial charge in [-0.05, 0) is 24.3 Å². The van der Waals surface area contributed by atoms with Crippen LogP contribution < -0.4 is 0 Å². The van der Waals surface area contributed by atoms with Gasteiger partial charge in [0.05, 0.1) is 25.5 Å². The highest BCUT2D eigenvalue weighted by molar-refractivity contribution is 5.77. The van der Waals surface area contributed by atoms with E-state index in [9.17, 15) is 4.79 Å². The van der Waals surface area contributed by atoms with Crippen molar-refractivity contribution < 1.29 is 9.53 Å². The fourth-order valence-corrected chi connectivity index (χ4v) is 4.00. The lowest BCUT2D eigenvalue weighted by atomic mass is 9.86. The second kappa shape index (κ2) is 8.65. The van der Waals surface area contributed by atoms with Crippen LogP contribution in [0.5, 0.6) is 0 Å². The van der Waals surface area contributed by atoms with Gasteiger partial charge in [-0.15, -0.1) is 5.10 Å². The summed E-state index contributed by atoms with van der Waals surface area (Å²) in [5.74, 6) is 0.912. The van der Waals surface area contributed by atoms with E-state index in [-0.39, 0.29) is 6.04 Å². The minimum atomic E-state index is 0.246. The van der Waals surface area contributed by atoms with Crippen molar-refractivity contribution >= 4 is 5.91 Å². The van der Waals surface area contributed by atoms with Crippen molar-refractivity contribution in [3.05, 3.63) is 47.8 Å². The molecule has 2 heterocycles. The zero-order chi connectivity index (χ0) is 18.5. The lowest BCUT2D eigenvalue weighted by Gasteiger charge is -2.39.